The number of benzene rings is 2. The summed E-state index contributed by atoms with van der Waals surface area (Å²) in [6.45, 7) is 0.327. The third-order valence-corrected chi connectivity index (χ3v) is 4.68. The number of aliphatic hydroxyl groups excluding tert-OH is 1. The molecule has 1 aromatic heterocycles. The molecule has 0 bridgehead atoms. The SMILES string of the molecule is O=C(c1cccc(O)c1)N1Cc2[nH]c3ccccc3c2CC1CO. The van der Waals surface area contributed by atoms with Gasteiger partial charge in [0.05, 0.1) is 19.2 Å². The van der Waals surface area contributed by atoms with E-state index in [9.17, 15) is 15.0 Å². The number of carbonyl (C=O) groups excluding carboxylic acids is 1. The highest BCUT2D eigenvalue weighted by Crippen LogP contribution is 2.31. The lowest BCUT2D eigenvalue weighted by molar-refractivity contribution is 0.0541. The Morgan fingerprint density at radius 3 is 2.83 bits per heavy atom. The summed E-state index contributed by atoms with van der Waals surface area (Å²) in [4.78, 5) is 17.9. The van der Waals surface area contributed by atoms with E-state index in [2.05, 4.69) is 11.1 Å². The number of H-pyrrole nitrogens is 1. The van der Waals surface area contributed by atoms with Crippen molar-refractivity contribution < 1.29 is 15.0 Å². The number of hydrogen-bond acceptors (Lipinski definition) is 3. The molecule has 5 heteroatoms. The van der Waals surface area contributed by atoms with Crippen molar-refractivity contribution >= 4 is 16.8 Å². The van der Waals surface area contributed by atoms with Gasteiger partial charge in [-0.1, -0.05) is 24.3 Å². The average molecular weight is 322 g/mol. The Morgan fingerprint density at radius 2 is 2.04 bits per heavy atom. The van der Waals surface area contributed by atoms with Crippen molar-refractivity contribution in [1.29, 1.82) is 0 Å². The number of hydrogen-bond donors (Lipinski definition) is 3. The van der Waals surface area contributed by atoms with Crippen molar-refractivity contribution in [1.82, 2.24) is 9.88 Å². The third kappa shape index (κ3) is 2.34. The van der Waals surface area contributed by atoms with E-state index in [-0.39, 0.29) is 24.3 Å². The second kappa shape index (κ2) is 5.69. The van der Waals surface area contributed by atoms with Crippen LogP contribution in [0.1, 0.15) is 21.6 Å². The summed E-state index contributed by atoms with van der Waals surface area (Å²) in [5, 5.41) is 20.6. The summed E-state index contributed by atoms with van der Waals surface area (Å²) in [6.07, 6.45) is 0.612. The maximum Gasteiger partial charge on any atom is 0.254 e. The van der Waals surface area contributed by atoms with Gasteiger partial charge in [-0.15, -0.1) is 0 Å². The molecular formula is C19H18N2O3. The van der Waals surface area contributed by atoms with Gasteiger partial charge in [-0.3, -0.25) is 4.79 Å². The molecule has 5 nitrogen and oxygen atoms in total. The van der Waals surface area contributed by atoms with Crippen LogP contribution in [-0.4, -0.2) is 38.7 Å². The molecule has 1 aliphatic heterocycles. The van der Waals surface area contributed by atoms with E-state index in [4.69, 9.17) is 0 Å². The Labute approximate surface area is 139 Å². The highest BCUT2D eigenvalue weighted by Gasteiger charge is 2.32. The Bertz CT molecular complexity index is 916. The van der Waals surface area contributed by atoms with E-state index in [1.54, 1.807) is 17.0 Å². The molecule has 24 heavy (non-hydrogen) atoms. The highest BCUT2D eigenvalue weighted by atomic mass is 16.3. The molecule has 3 aromatic rings. The first kappa shape index (κ1) is 14.8. The molecule has 0 aliphatic carbocycles. The van der Waals surface area contributed by atoms with E-state index < -0.39 is 0 Å². The first-order valence-electron chi connectivity index (χ1n) is 7.96. The lowest BCUT2D eigenvalue weighted by Crippen LogP contribution is -2.46. The Balaban J connectivity index is 1.73. The van der Waals surface area contributed by atoms with Gasteiger partial charge in [0.15, 0.2) is 0 Å². The molecule has 122 valence electrons. The van der Waals surface area contributed by atoms with Crippen molar-refractivity contribution in [3.63, 3.8) is 0 Å². The number of para-hydroxylation sites is 1. The normalized spacial score (nSPS) is 17.0. The monoisotopic (exact) mass is 322 g/mol. The van der Waals surface area contributed by atoms with E-state index >= 15 is 0 Å². The van der Waals surface area contributed by atoms with Gasteiger partial charge in [0.2, 0.25) is 0 Å². The molecule has 1 aliphatic rings. The maximum absolute atomic E-state index is 12.8. The zero-order valence-electron chi connectivity index (χ0n) is 13.1. The second-order valence-electron chi connectivity index (χ2n) is 6.15. The van der Waals surface area contributed by atoms with Gasteiger partial charge < -0.3 is 20.1 Å². The van der Waals surface area contributed by atoms with E-state index in [1.807, 2.05) is 18.2 Å². The number of aromatic amines is 1. The predicted molar refractivity (Wildman–Crippen MR) is 90.9 cm³/mol. The number of carbonyl (C=O) groups is 1. The van der Waals surface area contributed by atoms with Crippen molar-refractivity contribution in [2.45, 2.75) is 19.0 Å². The lowest BCUT2D eigenvalue weighted by Gasteiger charge is -2.34. The van der Waals surface area contributed by atoms with Gasteiger partial charge in [0.25, 0.3) is 5.91 Å². The second-order valence-corrected chi connectivity index (χ2v) is 6.15. The largest absolute Gasteiger partial charge is 0.508 e. The summed E-state index contributed by atoms with van der Waals surface area (Å²) < 4.78 is 0. The molecule has 0 saturated heterocycles. The number of fused-ring (bicyclic) bond motifs is 3. The van der Waals surface area contributed by atoms with Gasteiger partial charge in [-0.05, 0) is 36.2 Å². The van der Waals surface area contributed by atoms with Crippen LogP contribution in [0.5, 0.6) is 5.75 Å². The minimum absolute atomic E-state index is 0.0599. The number of aromatic hydroxyl groups is 1. The van der Waals surface area contributed by atoms with Crippen molar-refractivity contribution in [2.75, 3.05) is 6.61 Å². The minimum Gasteiger partial charge on any atom is -0.508 e. The predicted octanol–water partition coefficient (Wildman–Crippen LogP) is 2.43. The quantitative estimate of drug-likeness (QED) is 0.678. The number of nitrogens with zero attached hydrogens (tertiary/aromatic N) is 1. The van der Waals surface area contributed by atoms with Gasteiger partial charge >= 0.3 is 0 Å². The fraction of sp³-hybridized carbons (Fsp3) is 0.211. The molecule has 4 rings (SSSR count). The molecule has 0 saturated carbocycles. The van der Waals surface area contributed by atoms with Crippen LogP contribution < -0.4 is 0 Å². The number of aliphatic hydroxyl groups is 1. The van der Waals surface area contributed by atoms with Crippen LogP contribution in [0.15, 0.2) is 48.5 Å². The van der Waals surface area contributed by atoms with E-state index in [0.717, 1.165) is 16.6 Å². The Kier molecular flexibility index (Phi) is 3.50. The lowest BCUT2D eigenvalue weighted by atomic mass is 9.96. The number of phenolic OH excluding ortho intramolecular Hbond substituents is 1. The maximum atomic E-state index is 12.8. The van der Waals surface area contributed by atoms with E-state index in [0.29, 0.717) is 18.5 Å². The number of aromatic nitrogens is 1. The summed E-state index contributed by atoms with van der Waals surface area (Å²) >= 11 is 0. The molecule has 1 unspecified atom stereocenters. The molecule has 0 radical (unpaired) electrons. The molecule has 3 N–H and O–H groups in total. The number of phenols is 1. The van der Waals surface area contributed by atoms with Crippen LogP contribution in [0.4, 0.5) is 0 Å². The fourth-order valence-electron chi connectivity index (χ4n) is 3.47. The molecule has 2 heterocycles. The summed E-state index contributed by atoms with van der Waals surface area (Å²) in [6, 6.07) is 14.1. The van der Waals surface area contributed by atoms with Crippen LogP contribution in [0.2, 0.25) is 0 Å². The number of amides is 1. The van der Waals surface area contributed by atoms with Crippen molar-refractivity contribution in [3.8, 4) is 5.75 Å². The summed E-state index contributed by atoms with van der Waals surface area (Å²) in [7, 11) is 0. The van der Waals surface area contributed by atoms with Crippen molar-refractivity contribution in [3.05, 3.63) is 65.4 Å². The molecule has 1 amide bonds. The topological polar surface area (TPSA) is 76.6 Å². The van der Waals surface area contributed by atoms with Crippen LogP contribution in [0, 0.1) is 0 Å². The smallest absolute Gasteiger partial charge is 0.254 e. The van der Waals surface area contributed by atoms with Gasteiger partial charge in [-0.25, -0.2) is 0 Å². The zero-order valence-corrected chi connectivity index (χ0v) is 13.1. The van der Waals surface area contributed by atoms with Crippen LogP contribution >= 0.6 is 0 Å². The summed E-state index contributed by atoms with van der Waals surface area (Å²) in [5.74, 6) is -0.126. The molecule has 1 atom stereocenters. The Morgan fingerprint density at radius 1 is 1.21 bits per heavy atom. The standard InChI is InChI=1S/C19H18N2O3/c22-11-13-9-16-15-6-1-2-7-17(15)20-18(16)10-21(13)19(24)12-4-3-5-14(23)8-12/h1-8,13,20,22-23H,9-11H2. The molecule has 2 aromatic carbocycles. The number of rotatable bonds is 2. The third-order valence-electron chi connectivity index (χ3n) is 4.68. The molecule has 0 spiro atoms. The average Bonchev–Trinajstić information content (AvgIpc) is 2.97. The van der Waals surface area contributed by atoms with Crippen LogP contribution in [0.3, 0.4) is 0 Å². The molecular weight excluding hydrogens is 304 g/mol. The van der Waals surface area contributed by atoms with E-state index in [1.165, 1.54) is 17.7 Å². The zero-order chi connectivity index (χ0) is 16.7. The van der Waals surface area contributed by atoms with Crippen molar-refractivity contribution in [2.24, 2.45) is 0 Å². The highest BCUT2D eigenvalue weighted by molar-refractivity contribution is 5.95. The van der Waals surface area contributed by atoms with Gasteiger partial charge in [0.1, 0.15) is 5.75 Å². The fourth-order valence-corrected chi connectivity index (χ4v) is 3.47. The van der Waals surface area contributed by atoms with Crippen LogP contribution in [0.25, 0.3) is 10.9 Å². The first-order valence-corrected chi connectivity index (χ1v) is 7.96. The van der Waals surface area contributed by atoms with Gasteiger partial charge in [0, 0.05) is 22.2 Å². The summed E-state index contributed by atoms with van der Waals surface area (Å²) in [5.41, 5.74) is 3.65. The van der Waals surface area contributed by atoms with Crippen LogP contribution in [-0.2, 0) is 13.0 Å². The van der Waals surface area contributed by atoms with Gasteiger partial charge in [-0.2, -0.15) is 0 Å². The molecule has 0 fully saturated rings. The number of nitrogens with one attached hydrogen (secondary N) is 1. The minimum atomic E-state index is -0.272. The first-order chi connectivity index (χ1) is 11.7. The Hall–Kier alpha value is -2.79.